The van der Waals surface area contributed by atoms with E-state index < -0.39 is 6.40 Å². The number of carbonyl (C=O) groups is 2. The molecule has 0 unspecified atom stereocenters. The lowest BCUT2D eigenvalue weighted by atomic mass is 9.47. The minimum Gasteiger partial charge on any atom is -0.299 e. The van der Waals surface area contributed by atoms with Gasteiger partial charge < -0.3 is 0 Å². The van der Waals surface area contributed by atoms with Gasteiger partial charge in [-0.25, -0.2) is 0 Å². The van der Waals surface area contributed by atoms with Crippen molar-refractivity contribution in [3.8, 4) is 0 Å². The summed E-state index contributed by atoms with van der Waals surface area (Å²) in [6.45, 7) is 8.27. The first kappa shape index (κ1) is 13.3. The molecule has 0 N–H and O–H groups in total. The van der Waals surface area contributed by atoms with Crippen molar-refractivity contribution in [2.24, 2.45) is 28.6 Å². The molecule has 0 radical (unpaired) electrons. The Bertz CT molecular complexity index is 648. The van der Waals surface area contributed by atoms with E-state index in [1.165, 1.54) is 5.57 Å². The van der Waals surface area contributed by atoms with Gasteiger partial charge in [0, 0.05) is 13.2 Å². The lowest BCUT2D eigenvalue weighted by Gasteiger charge is -2.57. The zero-order chi connectivity index (χ0) is 16.6. The van der Waals surface area contributed by atoms with Crippen molar-refractivity contribution in [1.29, 1.82) is 0 Å². The molecular weight excluding hydrogens is 272 g/mol. The van der Waals surface area contributed by atoms with Crippen LogP contribution in [-0.2, 0) is 9.59 Å². The second kappa shape index (κ2) is 4.43. The highest BCUT2D eigenvalue weighted by Gasteiger charge is 2.59. The average Bonchev–Trinajstić information content (AvgIpc) is 2.83. The molecule has 0 saturated heterocycles. The van der Waals surface area contributed by atoms with E-state index in [1.54, 1.807) is 6.08 Å². The van der Waals surface area contributed by atoms with Gasteiger partial charge in [-0.2, -0.15) is 0 Å². The van der Waals surface area contributed by atoms with Gasteiger partial charge in [-0.1, -0.05) is 26.0 Å². The van der Waals surface area contributed by atoms with Crippen molar-refractivity contribution >= 4 is 11.6 Å². The van der Waals surface area contributed by atoms with Crippen LogP contribution in [0, 0.1) is 28.6 Å². The Morgan fingerprint density at radius 2 is 1.86 bits per heavy atom. The quantitative estimate of drug-likeness (QED) is 0.626. The van der Waals surface area contributed by atoms with Gasteiger partial charge in [0.25, 0.3) is 0 Å². The maximum Gasteiger partial charge on any atom is 0.181 e. The van der Waals surface area contributed by atoms with Crippen molar-refractivity contribution in [1.82, 2.24) is 0 Å². The number of hydrogen-bond acceptors (Lipinski definition) is 2. The fourth-order valence-corrected chi connectivity index (χ4v) is 6.15. The van der Waals surface area contributed by atoms with E-state index in [-0.39, 0.29) is 16.6 Å². The van der Waals surface area contributed by atoms with Crippen molar-refractivity contribution in [2.75, 3.05) is 0 Å². The number of ketones is 2. The van der Waals surface area contributed by atoms with Gasteiger partial charge in [0.15, 0.2) is 5.78 Å². The summed E-state index contributed by atoms with van der Waals surface area (Å²) in [6, 6.07) is 0. The average molecular weight is 299 g/mol. The lowest BCUT2D eigenvalue weighted by Crippen LogP contribution is -2.50. The Morgan fingerprint density at radius 1 is 1.14 bits per heavy atom. The van der Waals surface area contributed by atoms with E-state index >= 15 is 0 Å². The molecule has 4 aliphatic carbocycles. The fourth-order valence-electron chi connectivity index (χ4n) is 6.15. The fraction of sp³-hybridized carbons (Fsp3) is 0.700. The molecule has 0 spiro atoms. The van der Waals surface area contributed by atoms with Crippen LogP contribution in [0.2, 0.25) is 0 Å². The minimum absolute atomic E-state index is 0.0485. The maximum atomic E-state index is 12.4. The molecule has 118 valence electrons. The van der Waals surface area contributed by atoms with Crippen LogP contribution in [0.25, 0.3) is 0 Å². The van der Waals surface area contributed by atoms with Gasteiger partial charge >= 0.3 is 0 Å². The normalized spacial score (nSPS) is 51.6. The molecule has 3 saturated carbocycles. The van der Waals surface area contributed by atoms with Crippen LogP contribution in [0.3, 0.4) is 0 Å². The molecule has 3 fully saturated rings. The third-order valence-corrected chi connectivity index (χ3v) is 7.45. The van der Waals surface area contributed by atoms with Crippen molar-refractivity contribution in [3.63, 3.8) is 0 Å². The van der Waals surface area contributed by atoms with Gasteiger partial charge in [0.05, 0.1) is 0 Å². The number of rotatable bonds is 0. The summed E-state index contributed by atoms with van der Waals surface area (Å²) in [7, 11) is 0. The Morgan fingerprint density at radius 3 is 2.64 bits per heavy atom. The Kier molecular flexibility index (Phi) is 2.67. The van der Waals surface area contributed by atoms with Gasteiger partial charge in [-0.15, -0.1) is 0 Å². The summed E-state index contributed by atoms with van der Waals surface area (Å²) >= 11 is 0. The van der Waals surface area contributed by atoms with Crippen LogP contribution in [0.5, 0.6) is 0 Å². The second-order valence-electron chi connectivity index (χ2n) is 8.32. The second-order valence-corrected chi connectivity index (χ2v) is 8.32. The zero-order valence-corrected chi connectivity index (χ0v) is 13.7. The summed E-state index contributed by atoms with van der Waals surface area (Å²) in [5, 5.41) is 0. The molecule has 0 bridgehead atoms. The largest absolute Gasteiger partial charge is 0.299 e. The minimum atomic E-state index is -0.524. The molecule has 0 aromatic carbocycles. The molecular formula is C20H26O2. The van der Waals surface area contributed by atoms with E-state index in [4.69, 9.17) is 1.37 Å². The van der Waals surface area contributed by atoms with Crippen LogP contribution < -0.4 is 0 Å². The van der Waals surface area contributed by atoms with Crippen LogP contribution >= 0.6 is 0 Å². The molecule has 4 aliphatic rings. The van der Waals surface area contributed by atoms with E-state index in [9.17, 15) is 9.59 Å². The molecule has 2 heteroatoms. The first-order chi connectivity index (χ1) is 10.8. The van der Waals surface area contributed by atoms with Crippen LogP contribution in [-0.4, -0.2) is 11.6 Å². The highest BCUT2D eigenvalue weighted by Crippen LogP contribution is 2.64. The molecule has 0 aromatic rings. The molecule has 0 aromatic heterocycles. The van der Waals surface area contributed by atoms with Gasteiger partial charge in [-0.05, 0) is 73.3 Å². The van der Waals surface area contributed by atoms with Crippen LogP contribution in [0.1, 0.15) is 60.1 Å². The molecule has 4 rings (SSSR count). The molecule has 2 nitrogen and oxygen atoms in total. The Hall–Kier alpha value is -1.18. The van der Waals surface area contributed by atoms with Gasteiger partial charge in [0.1, 0.15) is 5.78 Å². The summed E-state index contributed by atoms with van der Waals surface area (Å²) in [4.78, 5) is 24.5. The first-order valence-electron chi connectivity index (χ1n) is 9.27. The molecule has 0 amide bonds. The summed E-state index contributed by atoms with van der Waals surface area (Å²) in [6.07, 6.45) is 6.95. The summed E-state index contributed by atoms with van der Waals surface area (Å²) in [5.74, 6) is 1.82. The maximum absolute atomic E-state index is 12.4. The number of Topliss-reactive ketones (excluding diaryl/α,β-unsaturated/α-hetero) is 1. The molecule has 0 heterocycles. The third-order valence-electron chi connectivity index (χ3n) is 7.45. The Balaban J connectivity index is 1.76. The monoisotopic (exact) mass is 299 g/mol. The number of allylic oxidation sites excluding steroid dienone is 2. The highest BCUT2D eigenvalue weighted by atomic mass is 16.1. The predicted octanol–water partition coefficient (Wildman–Crippen LogP) is 4.25. The summed E-state index contributed by atoms with van der Waals surface area (Å²) < 4.78 is 8.70. The summed E-state index contributed by atoms with van der Waals surface area (Å²) in [5.41, 5.74) is 1.23. The van der Waals surface area contributed by atoms with Crippen molar-refractivity contribution < 1.29 is 11.0 Å². The third kappa shape index (κ3) is 1.67. The van der Waals surface area contributed by atoms with Crippen LogP contribution in [0.4, 0.5) is 0 Å². The van der Waals surface area contributed by atoms with Gasteiger partial charge in [0.2, 0.25) is 0 Å². The zero-order valence-electron chi connectivity index (χ0n) is 14.7. The number of hydrogen-bond donors (Lipinski definition) is 0. The molecule has 6 atom stereocenters. The predicted molar refractivity (Wildman–Crippen MR) is 86.2 cm³/mol. The topological polar surface area (TPSA) is 34.1 Å². The highest BCUT2D eigenvalue weighted by molar-refractivity contribution is 6.05. The first-order valence-corrected chi connectivity index (χ1v) is 8.70. The number of carbonyl (C=O) groups excluding carboxylic acids is 2. The van der Waals surface area contributed by atoms with Crippen molar-refractivity contribution in [3.05, 3.63) is 23.8 Å². The van der Waals surface area contributed by atoms with Crippen molar-refractivity contribution in [2.45, 2.75) is 58.8 Å². The molecule has 22 heavy (non-hydrogen) atoms. The molecule has 0 aliphatic heterocycles. The lowest BCUT2D eigenvalue weighted by molar-refractivity contribution is -0.132. The SMILES string of the molecule is [2H][C@@H]1C(=C)C(=O)C=C2CC[C@@H]3[C@H](CC[C@]4(C)C(=O)CC[C@@H]34)[C@]21C. The van der Waals surface area contributed by atoms with E-state index in [0.717, 1.165) is 38.5 Å². The van der Waals surface area contributed by atoms with E-state index in [0.29, 0.717) is 29.1 Å². The van der Waals surface area contributed by atoms with Crippen LogP contribution in [0.15, 0.2) is 23.8 Å². The van der Waals surface area contributed by atoms with E-state index in [1.807, 2.05) is 0 Å². The smallest absolute Gasteiger partial charge is 0.181 e. The number of fused-ring (bicyclic) bond motifs is 5. The van der Waals surface area contributed by atoms with Gasteiger partial charge in [-0.3, -0.25) is 9.59 Å². The van der Waals surface area contributed by atoms with E-state index in [2.05, 4.69) is 20.4 Å². The standard InChI is InChI=1S/C20H26O2/c1-12-11-20(3)13(10-17(12)21)4-5-14-15-6-7-18(22)19(15,2)9-8-16(14)20/h10,14-16H,1,4-9,11H2,2-3H3/t14-,15-,16-,19-,20-/m0/s1/i11D/t11-,14+,15+,16+,19+,20+/m1. The Labute approximate surface area is 134 Å².